The first kappa shape index (κ1) is 24.3. The molecule has 0 aliphatic carbocycles. The van der Waals surface area contributed by atoms with Crippen molar-refractivity contribution in [3.63, 3.8) is 0 Å². The first-order valence-corrected chi connectivity index (χ1v) is 12.8. The van der Waals surface area contributed by atoms with Gasteiger partial charge in [-0.3, -0.25) is 9.59 Å². The molecule has 0 saturated carbocycles. The molecule has 2 aromatic rings. The van der Waals surface area contributed by atoms with Gasteiger partial charge in [-0.15, -0.1) is 11.3 Å². The number of likely N-dealkylation sites (tertiary alicyclic amines) is 2. The van der Waals surface area contributed by atoms with Crippen molar-refractivity contribution in [2.75, 3.05) is 45.9 Å². The number of carbonyl (C=O) groups excluding carboxylic acids is 2. The zero-order chi connectivity index (χ0) is 23.8. The van der Waals surface area contributed by atoms with Crippen molar-refractivity contribution in [1.29, 1.82) is 5.26 Å². The highest BCUT2D eigenvalue weighted by Gasteiger charge is 2.28. The summed E-state index contributed by atoms with van der Waals surface area (Å²) in [6.07, 6.45) is 4.09. The first-order valence-electron chi connectivity index (χ1n) is 11.9. The van der Waals surface area contributed by atoms with Crippen molar-refractivity contribution < 1.29 is 14.3 Å². The lowest BCUT2D eigenvalue weighted by atomic mass is 9.97. The van der Waals surface area contributed by atoms with E-state index in [1.165, 1.54) is 24.2 Å². The highest BCUT2D eigenvalue weighted by molar-refractivity contribution is 7.09. The van der Waals surface area contributed by atoms with Gasteiger partial charge in [-0.05, 0) is 50.9 Å². The van der Waals surface area contributed by atoms with Crippen molar-refractivity contribution in [2.45, 2.75) is 32.2 Å². The van der Waals surface area contributed by atoms with E-state index in [9.17, 15) is 9.59 Å². The lowest BCUT2D eigenvalue weighted by molar-refractivity contribution is -0.140. The highest BCUT2D eigenvalue weighted by atomic mass is 32.1. The minimum Gasteiger partial charge on any atom is -0.370 e. The molecule has 2 aliphatic heterocycles. The fourth-order valence-corrected chi connectivity index (χ4v) is 5.16. The fourth-order valence-electron chi connectivity index (χ4n) is 4.42. The van der Waals surface area contributed by atoms with Crippen LogP contribution in [-0.2, 0) is 20.9 Å². The van der Waals surface area contributed by atoms with Crippen LogP contribution >= 0.6 is 11.3 Å². The third-order valence-electron chi connectivity index (χ3n) is 6.40. The van der Waals surface area contributed by atoms with Crippen LogP contribution in [0, 0.1) is 17.2 Å². The van der Waals surface area contributed by atoms with Gasteiger partial charge in [0.25, 0.3) is 0 Å². The Hall–Kier alpha value is -2.80. The third-order valence-corrected chi connectivity index (χ3v) is 7.25. The van der Waals surface area contributed by atoms with E-state index in [0.717, 1.165) is 48.7 Å². The summed E-state index contributed by atoms with van der Waals surface area (Å²) in [4.78, 5) is 34.0. The zero-order valence-corrected chi connectivity index (χ0v) is 20.2. The second kappa shape index (κ2) is 12.1. The van der Waals surface area contributed by atoms with Gasteiger partial charge in [-0.1, -0.05) is 12.1 Å². The van der Waals surface area contributed by atoms with Crippen LogP contribution in [0.15, 0.2) is 29.6 Å². The van der Waals surface area contributed by atoms with Crippen LogP contribution in [0.2, 0.25) is 0 Å². The van der Waals surface area contributed by atoms with E-state index in [0.29, 0.717) is 31.8 Å². The van der Waals surface area contributed by atoms with Gasteiger partial charge in [0.1, 0.15) is 11.6 Å². The van der Waals surface area contributed by atoms with Gasteiger partial charge in [0.15, 0.2) is 0 Å². The molecule has 2 aliphatic rings. The molecule has 0 spiro atoms. The van der Waals surface area contributed by atoms with Crippen LogP contribution in [0.3, 0.4) is 0 Å². The number of ether oxygens (including phenoxy) is 1. The molecule has 180 valence electrons. The van der Waals surface area contributed by atoms with Crippen LogP contribution in [0.4, 0.5) is 0 Å². The van der Waals surface area contributed by atoms with Crippen LogP contribution in [0.1, 0.15) is 36.3 Å². The summed E-state index contributed by atoms with van der Waals surface area (Å²) in [6.45, 7) is 5.26. The number of amides is 2. The fraction of sp³-hybridized carbons (Fsp3) is 0.520. The molecule has 0 unspecified atom stereocenters. The summed E-state index contributed by atoms with van der Waals surface area (Å²) in [5.74, 6) is -0.284. The second-order valence-electron chi connectivity index (χ2n) is 8.81. The number of nitriles is 1. The molecule has 2 fully saturated rings. The number of piperidine rings is 1. The number of hydrogen-bond acceptors (Lipinski definition) is 7. The topological polar surface area (TPSA) is 98.6 Å². The van der Waals surface area contributed by atoms with Gasteiger partial charge in [0, 0.05) is 30.6 Å². The normalized spacial score (nSPS) is 18.6. The molecule has 0 radical (unpaired) electrons. The van der Waals surface area contributed by atoms with E-state index >= 15 is 0 Å². The largest absolute Gasteiger partial charge is 0.370 e. The zero-order valence-electron chi connectivity index (χ0n) is 19.4. The van der Waals surface area contributed by atoms with E-state index in [1.54, 1.807) is 17.0 Å². The van der Waals surface area contributed by atoms with Gasteiger partial charge in [0.2, 0.25) is 11.8 Å². The highest BCUT2D eigenvalue weighted by Crippen LogP contribution is 2.23. The number of hydrogen-bond donors (Lipinski definition) is 1. The minimum atomic E-state index is -0.208. The molecule has 4 rings (SSSR count). The predicted molar refractivity (Wildman–Crippen MR) is 130 cm³/mol. The van der Waals surface area contributed by atoms with Crippen molar-refractivity contribution >= 4 is 23.2 Å². The molecule has 9 heteroatoms. The lowest BCUT2D eigenvalue weighted by Crippen LogP contribution is -2.46. The van der Waals surface area contributed by atoms with E-state index in [2.05, 4.69) is 21.3 Å². The molecule has 8 nitrogen and oxygen atoms in total. The monoisotopic (exact) mass is 481 g/mol. The van der Waals surface area contributed by atoms with Crippen LogP contribution in [-0.4, -0.2) is 72.5 Å². The SMILES string of the molecule is N#Cc1ccc(-c2csc(CNC(=O)[C@H]3CCCN(C(=O)COCCN4CCCC4)C3)n2)cc1. The maximum absolute atomic E-state index is 12.8. The van der Waals surface area contributed by atoms with E-state index in [4.69, 9.17) is 10.00 Å². The molecule has 2 saturated heterocycles. The predicted octanol–water partition coefficient (Wildman–Crippen LogP) is 2.65. The van der Waals surface area contributed by atoms with Crippen molar-refractivity contribution in [3.8, 4) is 17.3 Å². The average Bonchev–Trinajstić information content (AvgIpc) is 3.57. The van der Waals surface area contributed by atoms with Crippen molar-refractivity contribution in [2.24, 2.45) is 5.92 Å². The van der Waals surface area contributed by atoms with E-state index < -0.39 is 0 Å². The third kappa shape index (κ3) is 6.63. The molecular weight excluding hydrogens is 450 g/mol. The summed E-state index contributed by atoms with van der Waals surface area (Å²) in [7, 11) is 0. The molecule has 1 aromatic heterocycles. The summed E-state index contributed by atoms with van der Waals surface area (Å²) in [5, 5.41) is 14.7. The second-order valence-corrected chi connectivity index (χ2v) is 9.76. The van der Waals surface area contributed by atoms with Crippen molar-refractivity contribution in [1.82, 2.24) is 20.1 Å². The van der Waals surface area contributed by atoms with Gasteiger partial charge in [-0.2, -0.15) is 5.26 Å². The molecule has 0 bridgehead atoms. The molecule has 3 heterocycles. The summed E-state index contributed by atoms with van der Waals surface area (Å²) < 4.78 is 5.61. The Morgan fingerprint density at radius 2 is 1.97 bits per heavy atom. The number of aromatic nitrogens is 1. The molecule has 1 atom stereocenters. The van der Waals surface area contributed by atoms with Gasteiger partial charge in [-0.25, -0.2) is 4.98 Å². The standard InChI is InChI=1S/C25H31N5O3S/c26-14-19-5-7-20(8-6-19)22-18-34-23(28-22)15-27-25(32)21-4-3-11-30(16-21)24(31)17-33-13-12-29-9-1-2-10-29/h5-8,18,21H,1-4,9-13,15-17H2,(H,27,32)/t21-/m0/s1. The Kier molecular flexibility index (Phi) is 8.63. The molecule has 34 heavy (non-hydrogen) atoms. The Bertz CT molecular complexity index is 1010. The number of thiazole rings is 1. The average molecular weight is 482 g/mol. The lowest BCUT2D eigenvalue weighted by Gasteiger charge is -2.32. The van der Waals surface area contributed by atoms with Gasteiger partial charge in [0.05, 0.1) is 36.4 Å². The molecule has 2 amide bonds. The quantitative estimate of drug-likeness (QED) is 0.553. The smallest absolute Gasteiger partial charge is 0.248 e. The summed E-state index contributed by atoms with van der Waals surface area (Å²) in [5.41, 5.74) is 2.38. The Morgan fingerprint density at radius 3 is 2.74 bits per heavy atom. The summed E-state index contributed by atoms with van der Waals surface area (Å²) in [6, 6.07) is 9.40. The van der Waals surface area contributed by atoms with Crippen LogP contribution in [0.5, 0.6) is 0 Å². The molecular formula is C25H31N5O3S. The van der Waals surface area contributed by atoms with E-state index in [-0.39, 0.29) is 24.3 Å². The number of carbonyl (C=O) groups is 2. The Morgan fingerprint density at radius 1 is 1.18 bits per heavy atom. The van der Waals surface area contributed by atoms with Crippen LogP contribution < -0.4 is 5.32 Å². The minimum absolute atomic E-state index is 0.0362. The van der Waals surface area contributed by atoms with Crippen LogP contribution in [0.25, 0.3) is 11.3 Å². The summed E-state index contributed by atoms with van der Waals surface area (Å²) >= 11 is 1.49. The number of nitrogens with zero attached hydrogens (tertiary/aromatic N) is 4. The number of rotatable bonds is 9. The molecule has 1 N–H and O–H groups in total. The van der Waals surface area contributed by atoms with Gasteiger partial charge >= 0.3 is 0 Å². The number of benzene rings is 1. The number of nitrogens with one attached hydrogen (secondary N) is 1. The van der Waals surface area contributed by atoms with E-state index in [1.807, 2.05) is 17.5 Å². The molecule has 1 aromatic carbocycles. The first-order chi connectivity index (χ1) is 16.6. The van der Waals surface area contributed by atoms with Crippen molar-refractivity contribution in [3.05, 3.63) is 40.2 Å². The Labute approximate surface area is 204 Å². The maximum atomic E-state index is 12.8. The Balaban J connectivity index is 1.19. The maximum Gasteiger partial charge on any atom is 0.248 e. The van der Waals surface area contributed by atoms with Gasteiger partial charge < -0.3 is 19.9 Å².